The molecule has 1 rings (SSSR count). The van der Waals surface area contributed by atoms with Crippen LogP contribution >= 0.6 is 0 Å². The van der Waals surface area contributed by atoms with Crippen LogP contribution in [0.1, 0.15) is 19.8 Å². The molecule has 1 fully saturated rings. The normalized spacial score (nSPS) is 29.2. The average Bonchev–Trinajstić information content (AvgIpc) is 2.08. The molecule has 0 bridgehead atoms. The molecule has 0 spiro atoms. The second-order valence-electron chi connectivity index (χ2n) is 2.18. The molecule has 0 atom stereocenters. The zero-order chi connectivity index (χ0) is 6.91. The highest BCUT2D eigenvalue weighted by molar-refractivity contribution is 7.95. The van der Waals surface area contributed by atoms with Gasteiger partial charge < -0.3 is 0 Å². The Hall–Kier alpha value is -0.310. The fraction of sp³-hybridized carbons (Fsp3) is 0.667. The van der Waals surface area contributed by atoms with Gasteiger partial charge in [0.1, 0.15) is 0 Å². The van der Waals surface area contributed by atoms with E-state index in [1.807, 2.05) is 0 Å². The van der Waals surface area contributed by atoms with Gasteiger partial charge in [0.25, 0.3) is 0 Å². The zero-order valence-corrected chi connectivity index (χ0v) is 6.24. The fourth-order valence-corrected chi connectivity index (χ4v) is 2.65. The van der Waals surface area contributed by atoms with Crippen LogP contribution in [0.4, 0.5) is 0 Å². The van der Waals surface area contributed by atoms with Gasteiger partial charge in [-0.1, -0.05) is 6.08 Å². The van der Waals surface area contributed by atoms with Crippen LogP contribution in [0.5, 0.6) is 0 Å². The summed E-state index contributed by atoms with van der Waals surface area (Å²) in [6, 6.07) is 0. The molecule has 0 aliphatic carbocycles. The first-order valence-electron chi connectivity index (χ1n) is 3.05. The van der Waals surface area contributed by atoms with Gasteiger partial charge in [-0.2, -0.15) is 0 Å². The highest BCUT2D eigenvalue weighted by atomic mass is 32.2. The minimum atomic E-state index is -2.78. The SMILES string of the molecule is CC=C1CCCS1(=O)=O. The van der Waals surface area contributed by atoms with E-state index in [1.54, 1.807) is 13.0 Å². The number of rotatable bonds is 0. The van der Waals surface area contributed by atoms with Crippen molar-refractivity contribution in [1.29, 1.82) is 0 Å². The lowest BCUT2D eigenvalue weighted by Gasteiger charge is -1.90. The Labute approximate surface area is 55.5 Å². The molecule has 52 valence electrons. The lowest BCUT2D eigenvalue weighted by atomic mass is 10.3. The van der Waals surface area contributed by atoms with Crippen LogP contribution in [0.25, 0.3) is 0 Å². The smallest absolute Gasteiger partial charge is 0.174 e. The molecule has 0 aromatic rings. The monoisotopic (exact) mass is 146 g/mol. The summed E-state index contributed by atoms with van der Waals surface area (Å²) in [6.45, 7) is 1.78. The Morgan fingerprint density at radius 3 is 2.44 bits per heavy atom. The highest BCUT2D eigenvalue weighted by Crippen LogP contribution is 2.22. The standard InChI is InChI=1S/C6H10O2S/c1-2-6-4-3-5-9(6,7)8/h2H,3-5H2,1H3. The van der Waals surface area contributed by atoms with Crippen LogP contribution in [-0.2, 0) is 9.84 Å². The first kappa shape index (κ1) is 6.81. The molecule has 0 aromatic carbocycles. The van der Waals surface area contributed by atoms with Gasteiger partial charge in [-0.25, -0.2) is 8.42 Å². The molecular formula is C6H10O2S. The van der Waals surface area contributed by atoms with Crippen molar-refractivity contribution < 1.29 is 8.42 Å². The first-order chi connectivity index (χ1) is 4.17. The van der Waals surface area contributed by atoms with Crippen LogP contribution in [0.2, 0.25) is 0 Å². The quantitative estimate of drug-likeness (QED) is 0.513. The van der Waals surface area contributed by atoms with Gasteiger partial charge in [0.15, 0.2) is 9.84 Å². The molecule has 2 nitrogen and oxygen atoms in total. The number of hydrogen-bond acceptors (Lipinski definition) is 2. The second-order valence-corrected chi connectivity index (χ2v) is 4.34. The van der Waals surface area contributed by atoms with Crippen molar-refractivity contribution in [2.24, 2.45) is 0 Å². The van der Waals surface area contributed by atoms with Crippen molar-refractivity contribution in [3.05, 3.63) is 11.0 Å². The predicted octanol–water partition coefficient (Wildman–Crippen LogP) is 1.10. The van der Waals surface area contributed by atoms with Gasteiger partial charge in [-0.3, -0.25) is 0 Å². The maximum atomic E-state index is 10.9. The Morgan fingerprint density at radius 2 is 2.22 bits per heavy atom. The number of hydrogen-bond donors (Lipinski definition) is 0. The van der Waals surface area contributed by atoms with Crippen molar-refractivity contribution in [1.82, 2.24) is 0 Å². The van der Waals surface area contributed by atoms with E-state index in [9.17, 15) is 8.42 Å². The molecule has 1 aliphatic rings. The predicted molar refractivity (Wildman–Crippen MR) is 36.8 cm³/mol. The van der Waals surface area contributed by atoms with Crippen molar-refractivity contribution in [3.8, 4) is 0 Å². The lowest BCUT2D eigenvalue weighted by Crippen LogP contribution is -1.97. The third-order valence-electron chi connectivity index (χ3n) is 1.56. The summed E-state index contributed by atoms with van der Waals surface area (Å²) in [5.41, 5.74) is 0. The number of sulfone groups is 1. The Kier molecular flexibility index (Phi) is 1.62. The van der Waals surface area contributed by atoms with Gasteiger partial charge in [-0.15, -0.1) is 0 Å². The summed E-state index contributed by atoms with van der Waals surface area (Å²) in [4.78, 5) is 0.627. The van der Waals surface area contributed by atoms with Crippen LogP contribution in [0.3, 0.4) is 0 Å². The molecule has 0 radical (unpaired) electrons. The second kappa shape index (κ2) is 2.14. The summed E-state index contributed by atoms with van der Waals surface area (Å²) >= 11 is 0. The first-order valence-corrected chi connectivity index (χ1v) is 4.70. The molecule has 1 heterocycles. The van der Waals surface area contributed by atoms with E-state index in [0.717, 1.165) is 12.8 Å². The van der Waals surface area contributed by atoms with E-state index >= 15 is 0 Å². The molecule has 9 heavy (non-hydrogen) atoms. The van der Waals surface area contributed by atoms with Crippen molar-refractivity contribution in [2.45, 2.75) is 19.8 Å². The van der Waals surface area contributed by atoms with Gasteiger partial charge in [0.05, 0.1) is 5.75 Å². The Bertz CT molecular complexity index is 223. The van der Waals surface area contributed by atoms with Crippen molar-refractivity contribution >= 4 is 9.84 Å². The molecule has 3 heteroatoms. The molecule has 0 aromatic heterocycles. The molecule has 0 N–H and O–H groups in total. The van der Waals surface area contributed by atoms with Crippen LogP contribution in [-0.4, -0.2) is 14.2 Å². The zero-order valence-electron chi connectivity index (χ0n) is 5.42. The van der Waals surface area contributed by atoms with E-state index in [-0.39, 0.29) is 0 Å². The van der Waals surface area contributed by atoms with Gasteiger partial charge >= 0.3 is 0 Å². The van der Waals surface area contributed by atoms with Gasteiger partial charge in [0, 0.05) is 4.91 Å². The minimum Gasteiger partial charge on any atom is -0.224 e. The minimum absolute atomic E-state index is 0.354. The number of allylic oxidation sites excluding steroid dienone is 2. The maximum absolute atomic E-state index is 10.9. The molecule has 0 saturated carbocycles. The van der Waals surface area contributed by atoms with Crippen LogP contribution in [0, 0.1) is 0 Å². The summed E-state index contributed by atoms with van der Waals surface area (Å²) in [5.74, 6) is 0.354. The Balaban J connectivity index is 3.03. The molecule has 1 aliphatic heterocycles. The molecular weight excluding hydrogens is 136 g/mol. The highest BCUT2D eigenvalue weighted by Gasteiger charge is 2.22. The molecule has 0 amide bonds. The van der Waals surface area contributed by atoms with E-state index < -0.39 is 9.84 Å². The summed E-state index contributed by atoms with van der Waals surface area (Å²) < 4.78 is 21.8. The fourth-order valence-electron chi connectivity index (χ4n) is 1.05. The van der Waals surface area contributed by atoms with Gasteiger partial charge in [-0.05, 0) is 19.8 Å². The van der Waals surface area contributed by atoms with Crippen molar-refractivity contribution in [2.75, 3.05) is 5.75 Å². The molecule has 1 saturated heterocycles. The topological polar surface area (TPSA) is 34.1 Å². The molecule has 0 unspecified atom stereocenters. The largest absolute Gasteiger partial charge is 0.224 e. The summed E-state index contributed by atoms with van der Waals surface area (Å²) in [5, 5.41) is 0. The van der Waals surface area contributed by atoms with E-state index in [1.165, 1.54) is 0 Å². The Morgan fingerprint density at radius 1 is 1.56 bits per heavy atom. The summed E-state index contributed by atoms with van der Waals surface area (Å²) in [7, 11) is -2.78. The van der Waals surface area contributed by atoms with E-state index in [0.29, 0.717) is 10.7 Å². The third kappa shape index (κ3) is 1.15. The lowest BCUT2D eigenvalue weighted by molar-refractivity contribution is 0.605. The average molecular weight is 146 g/mol. The third-order valence-corrected chi connectivity index (χ3v) is 3.62. The van der Waals surface area contributed by atoms with Gasteiger partial charge in [0.2, 0.25) is 0 Å². The summed E-state index contributed by atoms with van der Waals surface area (Å²) in [6.07, 6.45) is 3.25. The maximum Gasteiger partial charge on any atom is 0.174 e. The van der Waals surface area contributed by atoms with Crippen LogP contribution in [0.15, 0.2) is 11.0 Å². The van der Waals surface area contributed by atoms with E-state index in [4.69, 9.17) is 0 Å². The van der Waals surface area contributed by atoms with Crippen LogP contribution < -0.4 is 0 Å². The van der Waals surface area contributed by atoms with E-state index in [2.05, 4.69) is 0 Å². The van der Waals surface area contributed by atoms with Crippen molar-refractivity contribution in [3.63, 3.8) is 0 Å².